The van der Waals surface area contributed by atoms with Gasteiger partial charge in [0.1, 0.15) is 44.1 Å². The van der Waals surface area contributed by atoms with Gasteiger partial charge in [-0.05, 0) is 70.9 Å². The molecule has 572 valence electrons. The van der Waals surface area contributed by atoms with Crippen molar-refractivity contribution in [3.8, 4) is 23.3 Å². The van der Waals surface area contributed by atoms with Crippen molar-refractivity contribution in [3.63, 3.8) is 0 Å². The molecule has 3 aliphatic heterocycles. The van der Waals surface area contributed by atoms with Crippen LogP contribution in [0.5, 0.6) is 17.2 Å². The minimum atomic E-state index is -1.40. The highest BCUT2D eigenvalue weighted by molar-refractivity contribution is 7.44. The van der Waals surface area contributed by atoms with Gasteiger partial charge in [-0.15, -0.1) is 0 Å². The molecule has 100 heavy (non-hydrogen) atoms. The Kier molecular flexibility index (Phi) is 41.8. The molecule has 1 aromatic carbocycles. The average Bonchev–Trinajstić information content (AvgIpc) is 0.813. The molecule has 3 heterocycles. The van der Waals surface area contributed by atoms with Gasteiger partial charge < -0.3 is 106 Å². The Labute approximate surface area is 592 Å². The number of carbonyl (C=O) groups excluding carboxylic acids is 6. The fraction of sp³-hybridized carbons (Fsp3) is 0.812. The zero-order valence-corrected chi connectivity index (χ0v) is 62.8. The van der Waals surface area contributed by atoms with Gasteiger partial charge in [-0.1, -0.05) is 48.5 Å². The van der Waals surface area contributed by atoms with Crippen molar-refractivity contribution in [2.75, 3.05) is 125 Å². The van der Waals surface area contributed by atoms with Crippen LogP contribution < -0.4 is 35.5 Å². The molecule has 16 atom stereocenters. The van der Waals surface area contributed by atoms with Crippen LogP contribution in [0.3, 0.4) is 0 Å². The fourth-order valence-electron chi connectivity index (χ4n) is 12.0. The van der Waals surface area contributed by atoms with Crippen LogP contribution in [0.25, 0.3) is 0 Å². The predicted octanol–water partition coefficient (Wildman–Crippen LogP) is 6.30. The van der Waals surface area contributed by atoms with Crippen LogP contribution in [0.4, 0.5) is 0 Å². The summed E-state index contributed by atoms with van der Waals surface area (Å²) in [4.78, 5) is 75.4. The highest BCUT2D eigenvalue weighted by Gasteiger charge is 2.48. The first-order valence-electron chi connectivity index (χ1n) is 35.3. The minimum Gasteiger partial charge on any atom is -0.487 e. The summed E-state index contributed by atoms with van der Waals surface area (Å²) in [6, 6.07) is 3.54. The second-order valence-corrected chi connectivity index (χ2v) is 26.7. The van der Waals surface area contributed by atoms with E-state index in [9.17, 15) is 28.8 Å². The van der Waals surface area contributed by atoms with Gasteiger partial charge in [0.25, 0.3) is 14.4 Å². The number of carbonyl (C=O) groups is 6. The van der Waals surface area contributed by atoms with E-state index in [2.05, 4.69) is 80.5 Å². The van der Waals surface area contributed by atoms with E-state index < -0.39 is 69.5 Å². The highest BCUT2D eigenvalue weighted by Crippen LogP contribution is 2.46. The SMILES string of the molecule is CC[C@H]1O[C@@H](OCCOCCOc2cc(C(=O)NCCOCCOCCOP(OCCC#N)N(C(C)C)C(C)C)cc(OCCOCCO[C@@H]3O[C@H](CC)[C@H](C)[C@H](OC(C)=O)[C@H]3NC(C)=O)c2OCCOCCO[C@@H]2O[C@H](CC)[C@H](C)[C@H](OC(C)=O)[C@H]2NC(C)=O)[C@H](NC(C)=O)[C@@H](C)[C@H]1C. The second-order valence-electron chi connectivity index (χ2n) is 25.3. The molecule has 4 N–H and O–H groups in total. The van der Waals surface area contributed by atoms with Gasteiger partial charge in [-0.2, -0.15) is 5.26 Å². The normalized spacial score (nSPS) is 25.6. The zero-order valence-electron chi connectivity index (χ0n) is 61.9. The Balaban J connectivity index is 1.50. The van der Waals surface area contributed by atoms with Crippen LogP contribution in [0.2, 0.25) is 0 Å². The van der Waals surface area contributed by atoms with Crippen molar-refractivity contribution in [3.05, 3.63) is 17.7 Å². The third-order valence-corrected chi connectivity index (χ3v) is 19.0. The van der Waals surface area contributed by atoms with E-state index in [1.807, 2.05) is 27.7 Å². The van der Waals surface area contributed by atoms with Crippen LogP contribution in [0, 0.1) is 35.0 Å². The molecule has 1 aromatic rings. The maximum atomic E-state index is 14.1. The molecule has 0 spiro atoms. The maximum absolute atomic E-state index is 14.1. The van der Waals surface area contributed by atoms with Crippen LogP contribution >= 0.6 is 8.53 Å². The average molecular weight is 1450 g/mol. The summed E-state index contributed by atoms with van der Waals surface area (Å²) < 4.78 is 111. The molecule has 31 heteroatoms. The molecular formula is C69H117N6O24P. The molecule has 30 nitrogen and oxygen atoms in total. The summed E-state index contributed by atoms with van der Waals surface area (Å²) in [5.41, 5.74) is 0.157. The van der Waals surface area contributed by atoms with Crippen molar-refractivity contribution in [2.24, 2.45) is 23.7 Å². The molecule has 4 rings (SSSR count). The number of nitriles is 1. The molecule has 0 saturated carbocycles. The molecule has 3 aliphatic rings. The number of benzene rings is 1. The highest BCUT2D eigenvalue weighted by atomic mass is 31.2. The first-order chi connectivity index (χ1) is 47.9. The summed E-state index contributed by atoms with van der Waals surface area (Å²) >= 11 is 0. The van der Waals surface area contributed by atoms with E-state index >= 15 is 0 Å². The Morgan fingerprint density at radius 3 is 1.27 bits per heavy atom. The number of nitrogens with one attached hydrogen (secondary N) is 4. The lowest BCUT2D eigenvalue weighted by molar-refractivity contribution is -0.256. The Bertz CT molecular complexity index is 2600. The lowest BCUT2D eigenvalue weighted by Gasteiger charge is -2.44. The first kappa shape index (κ1) is 87.2. The first-order valence-corrected chi connectivity index (χ1v) is 36.4. The van der Waals surface area contributed by atoms with E-state index in [1.165, 1.54) is 46.8 Å². The minimum absolute atomic E-state index is 0.0154. The van der Waals surface area contributed by atoms with Gasteiger partial charge in [0.05, 0.1) is 136 Å². The lowest BCUT2D eigenvalue weighted by Crippen LogP contribution is -2.62. The van der Waals surface area contributed by atoms with Crippen LogP contribution in [0.15, 0.2) is 12.1 Å². The molecule has 0 bridgehead atoms. The predicted molar refractivity (Wildman–Crippen MR) is 366 cm³/mol. The van der Waals surface area contributed by atoms with Crippen molar-refractivity contribution in [1.29, 1.82) is 5.26 Å². The smallest absolute Gasteiger partial charge is 0.302 e. The molecular weight excluding hydrogens is 1330 g/mol. The summed E-state index contributed by atoms with van der Waals surface area (Å²) in [5, 5.41) is 20.6. The lowest BCUT2D eigenvalue weighted by atomic mass is 9.81. The topological polar surface area (TPSA) is 344 Å². The standard InChI is InChI=1S/C69H117N6O24P/c1-17-55-45(8)46(9)60(72-49(12)76)67(97-55)90-37-30-84-27-34-87-58-41-54(66(81)71-22-24-82-25-26-83-33-40-94-100(93-23-20-21-70)75(43(4)5)44(6)7)42-59(88-35-28-85-31-38-91-68-61(73-50(13)77)63(95-52(15)79)47(10)56(18-2)98-68)65(58)89-36-29-86-32-39-92-69-62(74-51(14)78)64(96-53(16)80)48(11)57(19-3)99-69/h41-48,55-57,60-64,67-69H,17-20,22-40H2,1-16H3,(H,71,81)(H,72,76)(H,73,77)(H,74,78)/t45-,46+,47+,48+,55-,56-,57-,60-,61-,62-,63+,64+,67-,68-,69-,100?/m1/s1. The van der Waals surface area contributed by atoms with Gasteiger partial charge in [-0.25, -0.2) is 4.67 Å². The summed E-state index contributed by atoms with van der Waals surface area (Å²) in [6.07, 6.45) is -2.42. The number of nitrogens with zero attached hydrogens (tertiary/aromatic N) is 2. The molecule has 0 radical (unpaired) electrons. The number of rotatable bonds is 49. The van der Waals surface area contributed by atoms with E-state index in [0.29, 0.717) is 12.8 Å². The third kappa shape index (κ3) is 30.2. The summed E-state index contributed by atoms with van der Waals surface area (Å²) in [6.45, 7) is 31.2. The second kappa shape index (κ2) is 47.9. The van der Waals surface area contributed by atoms with E-state index in [0.717, 1.165) is 6.42 Å². The molecule has 0 aromatic heterocycles. The molecule has 3 fully saturated rings. The fourth-order valence-corrected chi connectivity index (χ4v) is 13.6. The quantitative estimate of drug-likeness (QED) is 0.0315. The van der Waals surface area contributed by atoms with E-state index in [1.54, 1.807) is 0 Å². The maximum Gasteiger partial charge on any atom is 0.302 e. The van der Waals surface area contributed by atoms with Crippen molar-refractivity contribution >= 4 is 44.1 Å². The van der Waals surface area contributed by atoms with Crippen LogP contribution in [-0.2, 0) is 94.6 Å². The van der Waals surface area contributed by atoms with E-state index in [4.69, 9.17) is 90.1 Å². The largest absolute Gasteiger partial charge is 0.487 e. The van der Waals surface area contributed by atoms with Crippen molar-refractivity contribution in [2.45, 2.75) is 216 Å². The Hall–Kier alpha value is -5.20. The number of hydrogen-bond donors (Lipinski definition) is 4. The Morgan fingerprint density at radius 1 is 0.490 bits per heavy atom. The van der Waals surface area contributed by atoms with Gasteiger partial charge in [0, 0.05) is 70.6 Å². The molecule has 4 amide bonds. The Morgan fingerprint density at radius 2 is 0.860 bits per heavy atom. The summed E-state index contributed by atoms with van der Waals surface area (Å²) in [7, 11) is -1.40. The summed E-state index contributed by atoms with van der Waals surface area (Å²) in [5.74, 6) is -2.15. The van der Waals surface area contributed by atoms with Gasteiger partial charge >= 0.3 is 11.9 Å². The molecule has 3 saturated heterocycles. The van der Waals surface area contributed by atoms with Crippen molar-refractivity contribution < 1.29 is 114 Å². The zero-order chi connectivity index (χ0) is 73.7. The van der Waals surface area contributed by atoms with Gasteiger partial charge in [-0.3, -0.25) is 28.8 Å². The third-order valence-electron chi connectivity index (χ3n) is 16.9. The van der Waals surface area contributed by atoms with Crippen molar-refractivity contribution in [1.82, 2.24) is 25.9 Å². The number of hydrogen-bond acceptors (Lipinski definition) is 26. The van der Waals surface area contributed by atoms with E-state index in [-0.39, 0.29) is 233 Å². The number of esters is 2. The van der Waals surface area contributed by atoms with Gasteiger partial charge in [0.15, 0.2) is 30.4 Å². The number of ether oxygens (including phenoxy) is 16. The molecule has 1 unspecified atom stereocenters. The number of amides is 4. The molecule has 0 aliphatic carbocycles. The van der Waals surface area contributed by atoms with Gasteiger partial charge in [0.2, 0.25) is 23.5 Å². The van der Waals surface area contributed by atoms with Crippen LogP contribution in [0.1, 0.15) is 147 Å². The van der Waals surface area contributed by atoms with Crippen LogP contribution in [-0.4, -0.2) is 245 Å². The monoisotopic (exact) mass is 1440 g/mol.